The van der Waals surface area contributed by atoms with Crippen LogP contribution in [-0.2, 0) is 4.74 Å². The minimum Gasteiger partial charge on any atom is -0.496 e. The molecule has 0 N–H and O–H groups in total. The van der Waals surface area contributed by atoms with Crippen molar-refractivity contribution in [2.45, 2.75) is 38.8 Å². The summed E-state index contributed by atoms with van der Waals surface area (Å²) in [6, 6.07) is 6.70. The predicted octanol–water partition coefficient (Wildman–Crippen LogP) is 2.86. The molecule has 1 aromatic carbocycles. The number of hydrogen-bond acceptors (Lipinski definition) is 4. The molecule has 0 amide bonds. The fourth-order valence-corrected chi connectivity index (χ4v) is 2.82. The summed E-state index contributed by atoms with van der Waals surface area (Å²) in [5.41, 5.74) is 1.57. The van der Waals surface area contributed by atoms with E-state index in [1.54, 1.807) is 13.2 Å². The van der Waals surface area contributed by atoms with Gasteiger partial charge in [0, 0.05) is 23.8 Å². The van der Waals surface area contributed by atoms with Crippen molar-refractivity contribution in [1.82, 2.24) is 0 Å². The number of anilines is 1. The normalized spacial score (nSPS) is 22.4. The van der Waals surface area contributed by atoms with Crippen LogP contribution in [0, 0.1) is 0 Å². The second kappa shape index (κ2) is 5.51. The van der Waals surface area contributed by atoms with Crippen LogP contribution in [0.2, 0.25) is 0 Å². The van der Waals surface area contributed by atoms with Crippen molar-refractivity contribution >= 4 is 11.7 Å². The Balaban J connectivity index is 2.36. The number of hydrogen-bond donors (Lipinski definition) is 0. The quantitative estimate of drug-likeness (QED) is 0.786. The van der Waals surface area contributed by atoms with E-state index in [0.717, 1.165) is 5.69 Å². The van der Waals surface area contributed by atoms with Crippen molar-refractivity contribution in [2.24, 2.45) is 0 Å². The molecule has 104 valence electrons. The molecule has 2 unspecified atom stereocenters. The lowest BCUT2D eigenvalue weighted by Gasteiger charge is -2.29. The van der Waals surface area contributed by atoms with Gasteiger partial charge in [0.1, 0.15) is 11.3 Å². The fraction of sp³-hybridized carbons (Fsp3) is 0.533. The number of ether oxygens (including phenoxy) is 2. The van der Waals surface area contributed by atoms with E-state index in [9.17, 15) is 4.79 Å². The smallest absolute Gasteiger partial charge is 0.341 e. The van der Waals surface area contributed by atoms with E-state index < -0.39 is 0 Å². The van der Waals surface area contributed by atoms with Gasteiger partial charge in [-0.15, -0.1) is 0 Å². The van der Waals surface area contributed by atoms with Crippen LogP contribution in [0.25, 0.3) is 0 Å². The third-order valence-electron chi connectivity index (χ3n) is 3.84. The summed E-state index contributed by atoms with van der Waals surface area (Å²) in [5.74, 6) is 0.196. The number of carbonyl (C=O) groups is 1. The maximum atomic E-state index is 11.6. The van der Waals surface area contributed by atoms with E-state index in [2.05, 4.69) is 18.7 Å². The van der Waals surface area contributed by atoms with Crippen LogP contribution < -0.4 is 9.64 Å². The average Bonchev–Trinajstić information content (AvgIpc) is 2.76. The van der Waals surface area contributed by atoms with Crippen LogP contribution in [0.3, 0.4) is 0 Å². The van der Waals surface area contributed by atoms with E-state index in [4.69, 9.17) is 9.47 Å². The van der Waals surface area contributed by atoms with Crippen molar-refractivity contribution in [3.63, 3.8) is 0 Å². The maximum absolute atomic E-state index is 11.6. The molecule has 1 fully saturated rings. The first-order valence-corrected chi connectivity index (χ1v) is 6.63. The van der Waals surface area contributed by atoms with Gasteiger partial charge >= 0.3 is 5.97 Å². The molecular formula is C15H21NO3. The molecule has 0 saturated carbocycles. The minimum atomic E-state index is -0.370. The molecule has 1 saturated heterocycles. The summed E-state index contributed by atoms with van der Waals surface area (Å²) in [5, 5.41) is 0. The van der Waals surface area contributed by atoms with Crippen LogP contribution in [0.15, 0.2) is 18.2 Å². The van der Waals surface area contributed by atoms with E-state index in [1.807, 2.05) is 12.1 Å². The summed E-state index contributed by atoms with van der Waals surface area (Å²) < 4.78 is 10.1. The average molecular weight is 263 g/mol. The minimum absolute atomic E-state index is 0.370. The van der Waals surface area contributed by atoms with Gasteiger partial charge in [0.05, 0.1) is 14.2 Å². The van der Waals surface area contributed by atoms with Gasteiger partial charge in [0.25, 0.3) is 0 Å². The summed E-state index contributed by atoms with van der Waals surface area (Å²) >= 11 is 0. The first-order valence-electron chi connectivity index (χ1n) is 6.63. The second-order valence-electron chi connectivity index (χ2n) is 5.06. The van der Waals surface area contributed by atoms with Crippen molar-refractivity contribution in [3.05, 3.63) is 23.8 Å². The summed E-state index contributed by atoms with van der Waals surface area (Å²) in [6.07, 6.45) is 2.39. The Morgan fingerprint density at radius 2 is 1.84 bits per heavy atom. The van der Waals surface area contributed by atoms with Gasteiger partial charge in [-0.25, -0.2) is 4.79 Å². The number of methoxy groups -OCH3 is 2. The van der Waals surface area contributed by atoms with Crippen molar-refractivity contribution in [1.29, 1.82) is 0 Å². The lowest BCUT2D eigenvalue weighted by atomic mass is 10.1. The van der Waals surface area contributed by atoms with Crippen molar-refractivity contribution in [2.75, 3.05) is 19.1 Å². The highest BCUT2D eigenvalue weighted by molar-refractivity contribution is 5.93. The van der Waals surface area contributed by atoms with Gasteiger partial charge in [0.2, 0.25) is 0 Å². The largest absolute Gasteiger partial charge is 0.496 e. The zero-order valence-electron chi connectivity index (χ0n) is 12.0. The Labute approximate surface area is 114 Å². The number of nitrogens with zero attached hydrogens (tertiary/aromatic N) is 1. The molecule has 0 spiro atoms. The highest BCUT2D eigenvalue weighted by Crippen LogP contribution is 2.33. The van der Waals surface area contributed by atoms with Crippen molar-refractivity contribution in [3.8, 4) is 5.75 Å². The lowest BCUT2D eigenvalue weighted by molar-refractivity contribution is 0.0597. The Morgan fingerprint density at radius 3 is 2.37 bits per heavy atom. The number of carbonyl (C=O) groups excluding carboxylic acids is 1. The van der Waals surface area contributed by atoms with Gasteiger partial charge in [-0.3, -0.25) is 0 Å². The van der Waals surface area contributed by atoms with E-state index in [1.165, 1.54) is 20.0 Å². The first-order chi connectivity index (χ1) is 9.08. The molecule has 1 aliphatic heterocycles. The van der Waals surface area contributed by atoms with Crippen LogP contribution in [0.1, 0.15) is 37.0 Å². The van der Waals surface area contributed by atoms with E-state index in [0.29, 0.717) is 23.4 Å². The molecule has 0 aromatic heterocycles. The SMILES string of the molecule is COC(=O)c1ccc(N2C(C)CCC2C)cc1OC. The third kappa shape index (κ3) is 2.53. The van der Waals surface area contributed by atoms with Gasteiger partial charge in [-0.1, -0.05) is 0 Å². The van der Waals surface area contributed by atoms with E-state index >= 15 is 0 Å². The van der Waals surface area contributed by atoms with Crippen LogP contribution >= 0.6 is 0 Å². The number of rotatable bonds is 3. The van der Waals surface area contributed by atoms with Gasteiger partial charge in [-0.2, -0.15) is 0 Å². The lowest BCUT2D eigenvalue weighted by Crippen LogP contribution is -2.32. The molecule has 4 nitrogen and oxygen atoms in total. The second-order valence-corrected chi connectivity index (χ2v) is 5.06. The molecule has 4 heteroatoms. The third-order valence-corrected chi connectivity index (χ3v) is 3.84. The fourth-order valence-electron chi connectivity index (χ4n) is 2.82. The van der Waals surface area contributed by atoms with Gasteiger partial charge in [-0.05, 0) is 38.8 Å². The van der Waals surface area contributed by atoms with Gasteiger partial charge < -0.3 is 14.4 Å². The molecule has 19 heavy (non-hydrogen) atoms. The molecule has 0 bridgehead atoms. The summed E-state index contributed by atoms with van der Waals surface area (Å²) in [6.45, 7) is 4.45. The summed E-state index contributed by atoms with van der Waals surface area (Å²) in [7, 11) is 2.95. The highest BCUT2D eigenvalue weighted by Gasteiger charge is 2.28. The van der Waals surface area contributed by atoms with Gasteiger partial charge in [0.15, 0.2) is 0 Å². The van der Waals surface area contributed by atoms with E-state index in [-0.39, 0.29) is 5.97 Å². The number of esters is 1. The monoisotopic (exact) mass is 263 g/mol. The first kappa shape index (κ1) is 13.7. The van der Waals surface area contributed by atoms with Crippen LogP contribution in [0.5, 0.6) is 5.75 Å². The molecule has 0 aliphatic carbocycles. The molecule has 2 atom stereocenters. The van der Waals surface area contributed by atoms with Crippen LogP contribution in [-0.4, -0.2) is 32.3 Å². The molecule has 1 aromatic rings. The Kier molecular flexibility index (Phi) is 3.98. The molecular weight excluding hydrogens is 242 g/mol. The molecule has 2 rings (SSSR count). The van der Waals surface area contributed by atoms with Crippen LogP contribution in [0.4, 0.5) is 5.69 Å². The number of benzene rings is 1. The zero-order chi connectivity index (χ0) is 14.0. The topological polar surface area (TPSA) is 38.8 Å². The maximum Gasteiger partial charge on any atom is 0.341 e. The molecule has 1 heterocycles. The zero-order valence-corrected chi connectivity index (χ0v) is 12.0. The highest BCUT2D eigenvalue weighted by atomic mass is 16.5. The predicted molar refractivity (Wildman–Crippen MR) is 75.0 cm³/mol. The standard InChI is InChI=1S/C15H21NO3/c1-10-5-6-11(2)16(10)12-7-8-13(15(17)19-4)14(9-12)18-3/h7-11H,5-6H2,1-4H3. The van der Waals surface area contributed by atoms with Crippen molar-refractivity contribution < 1.29 is 14.3 Å². The Bertz CT molecular complexity index is 462. The Hall–Kier alpha value is -1.71. The molecule has 0 radical (unpaired) electrons. The summed E-state index contributed by atoms with van der Waals surface area (Å²) in [4.78, 5) is 14.0. The Morgan fingerprint density at radius 1 is 1.21 bits per heavy atom. The molecule has 1 aliphatic rings.